The van der Waals surface area contributed by atoms with Crippen molar-refractivity contribution in [2.75, 3.05) is 13.2 Å². The number of aliphatic imine (C=N–C) groups is 1. The molecule has 1 aliphatic heterocycles. The highest BCUT2D eigenvalue weighted by atomic mass is 79.9. The van der Waals surface area contributed by atoms with E-state index in [-0.39, 0.29) is 29.4 Å². The standard InChI is InChI=1S/C20H19Br2NO5S/c1-4-7-28-18-12(21)8-11(9-13(18)22)10-14-17(25)16(20(26)27-6-3)19(29-14)23-15(24)5-2/h4,8-10,25H,1,5-7H2,2-3H3/b14-10-,23-19?. The molecule has 2 rings (SSSR count). The van der Waals surface area contributed by atoms with Crippen LogP contribution < -0.4 is 4.74 Å². The predicted molar refractivity (Wildman–Crippen MR) is 122 cm³/mol. The van der Waals surface area contributed by atoms with Crippen LogP contribution in [0.15, 0.2) is 55.0 Å². The number of benzene rings is 1. The number of hydrogen-bond donors (Lipinski definition) is 1. The van der Waals surface area contributed by atoms with Crippen molar-refractivity contribution in [2.24, 2.45) is 4.99 Å². The van der Waals surface area contributed by atoms with Gasteiger partial charge < -0.3 is 14.6 Å². The average Bonchev–Trinajstić information content (AvgIpc) is 2.96. The number of esters is 1. The van der Waals surface area contributed by atoms with E-state index >= 15 is 0 Å². The van der Waals surface area contributed by atoms with Gasteiger partial charge in [0, 0.05) is 6.42 Å². The Bertz CT molecular complexity index is 914. The van der Waals surface area contributed by atoms with Crippen LogP contribution in [0.5, 0.6) is 5.75 Å². The first-order valence-electron chi connectivity index (χ1n) is 8.67. The smallest absolute Gasteiger partial charge is 0.344 e. The monoisotopic (exact) mass is 543 g/mol. The fraction of sp³-hybridized carbons (Fsp3) is 0.250. The minimum atomic E-state index is -0.723. The van der Waals surface area contributed by atoms with E-state index in [2.05, 4.69) is 43.4 Å². The molecule has 1 N–H and O–H groups in total. The fourth-order valence-corrected chi connectivity index (χ4v) is 4.76. The van der Waals surface area contributed by atoms with Crippen molar-refractivity contribution in [2.45, 2.75) is 20.3 Å². The van der Waals surface area contributed by atoms with Crippen molar-refractivity contribution < 1.29 is 24.2 Å². The summed E-state index contributed by atoms with van der Waals surface area (Å²) in [6.07, 6.45) is 3.51. The summed E-state index contributed by atoms with van der Waals surface area (Å²) in [4.78, 5) is 28.4. The van der Waals surface area contributed by atoms with Gasteiger partial charge in [0.1, 0.15) is 28.7 Å². The van der Waals surface area contributed by atoms with E-state index in [9.17, 15) is 14.7 Å². The lowest BCUT2D eigenvalue weighted by molar-refractivity contribution is -0.138. The summed E-state index contributed by atoms with van der Waals surface area (Å²) in [7, 11) is 0. The first-order valence-corrected chi connectivity index (χ1v) is 11.1. The zero-order valence-electron chi connectivity index (χ0n) is 15.8. The zero-order chi connectivity index (χ0) is 21.6. The Labute approximate surface area is 190 Å². The maximum Gasteiger partial charge on any atom is 0.344 e. The van der Waals surface area contributed by atoms with Crippen LogP contribution in [-0.4, -0.2) is 35.2 Å². The first kappa shape index (κ1) is 23.4. The quantitative estimate of drug-likeness (QED) is 0.356. The Morgan fingerprint density at radius 2 is 1.93 bits per heavy atom. The number of nitrogens with zero attached hydrogens (tertiary/aromatic N) is 1. The molecule has 0 unspecified atom stereocenters. The summed E-state index contributed by atoms with van der Waals surface area (Å²) in [5, 5.41) is 10.7. The highest BCUT2D eigenvalue weighted by molar-refractivity contribution is 9.11. The van der Waals surface area contributed by atoms with Crippen LogP contribution in [-0.2, 0) is 14.3 Å². The summed E-state index contributed by atoms with van der Waals surface area (Å²) in [5.74, 6) is -0.763. The molecule has 0 saturated carbocycles. The number of amides is 1. The van der Waals surface area contributed by atoms with Crippen molar-refractivity contribution in [3.63, 3.8) is 0 Å². The number of thioether (sulfide) groups is 1. The fourth-order valence-electron chi connectivity index (χ4n) is 2.28. The normalized spacial score (nSPS) is 16.4. The molecule has 0 spiro atoms. The molecule has 0 aromatic heterocycles. The molecule has 9 heteroatoms. The maximum absolute atomic E-state index is 12.3. The second-order valence-corrected chi connectivity index (χ2v) is 8.37. The number of hydrogen-bond acceptors (Lipinski definition) is 6. The number of carbonyl (C=O) groups is 2. The van der Waals surface area contributed by atoms with Crippen LogP contribution in [0, 0.1) is 0 Å². The molecular weight excluding hydrogens is 526 g/mol. The molecular formula is C20H19Br2NO5S. The zero-order valence-corrected chi connectivity index (χ0v) is 19.8. The summed E-state index contributed by atoms with van der Waals surface area (Å²) >= 11 is 7.96. The molecule has 154 valence electrons. The van der Waals surface area contributed by atoms with Crippen LogP contribution >= 0.6 is 43.6 Å². The summed E-state index contributed by atoms with van der Waals surface area (Å²) in [5.41, 5.74) is 0.629. The maximum atomic E-state index is 12.3. The van der Waals surface area contributed by atoms with E-state index in [4.69, 9.17) is 9.47 Å². The summed E-state index contributed by atoms with van der Waals surface area (Å²) in [6.45, 7) is 7.44. The Hall–Kier alpha value is -1.84. The molecule has 0 radical (unpaired) electrons. The van der Waals surface area contributed by atoms with Gasteiger partial charge in [-0.25, -0.2) is 9.79 Å². The molecule has 0 bridgehead atoms. The minimum absolute atomic E-state index is 0.103. The Morgan fingerprint density at radius 3 is 2.48 bits per heavy atom. The number of aliphatic hydroxyl groups is 1. The van der Waals surface area contributed by atoms with Gasteiger partial charge in [-0.15, -0.1) is 0 Å². The summed E-state index contributed by atoms with van der Waals surface area (Å²) < 4.78 is 12.0. The number of rotatable bonds is 7. The Morgan fingerprint density at radius 1 is 1.28 bits per heavy atom. The number of carbonyl (C=O) groups excluding carboxylic acids is 2. The molecule has 0 fully saturated rings. The number of ether oxygens (including phenoxy) is 2. The molecule has 6 nitrogen and oxygen atoms in total. The lowest BCUT2D eigenvalue weighted by Crippen LogP contribution is -2.14. The summed E-state index contributed by atoms with van der Waals surface area (Å²) in [6, 6.07) is 3.61. The van der Waals surface area contributed by atoms with Gasteiger partial charge in [0.15, 0.2) is 0 Å². The van der Waals surface area contributed by atoms with Gasteiger partial charge in [0.2, 0.25) is 5.91 Å². The van der Waals surface area contributed by atoms with Crippen LogP contribution in [0.1, 0.15) is 25.8 Å². The largest absolute Gasteiger partial charge is 0.506 e. The van der Waals surface area contributed by atoms with Gasteiger partial charge in [-0.3, -0.25) is 4.79 Å². The van der Waals surface area contributed by atoms with Crippen molar-refractivity contribution in [3.8, 4) is 5.75 Å². The molecule has 1 aliphatic rings. The van der Waals surface area contributed by atoms with Crippen LogP contribution in [0.3, 0.4) is 0 Å². The number of aliphatic hydroxyl groups excluding tert-OH is 1. The van der Waals surface area contributed by atoms with Gasteiger partial charge >= 0.3 is 5.97 Å². The molecule has 1 heterocycles. The van der Waals surface area contributed by atoms with Crippen LogP contribution in [0.25, 0.3) is 6.08 Å². The van der Waals surface area contributed by atoms with Gasteiger partial charge in [-0.2, -0.15) is 0 Å². The van der Waals surface area contributed by atoms with Crippen molar-refractivity contribution in [1.29, 1.82) is 0 Å². The van der Waals surface area contributed by atoms with Gasteiger partial charge in [0.25, 0.3) is 0 Å². The SMILES string of the molecule is C=CCOc1c(Br)cc(/C=C2\SC(=NC(=O)CC)C(C(=O)OCC)=C2O)cc1Br. The van der Waals surface area contributed by atoms with Gasteiger partial charge in [-0.1, -0.05) is 31.3 Å². The topological polar surface area (TPSA) is 85.2 Å². The Kier molecular flexibility index (Phi) is 8.73. The molecule has 0 aliphatic carbocycles. The molecule has 1 amide bonds. The lowest BCUT2D eigenvalue weighted by Gasteiger charge is -2.10. The van der Waals surface area contributed by atoms with Gasteiger partial charge in [-0.05, 0) is 62.6 Å². The molecule has 0 saturated heterocycles. The molecule has 29 heavy (non-hydrogen) atoms. The molecule has 1 aromatic carbocycles. The second kappa shape index (κ2) is 10.8. The van der Waals surface area contributed by atoms with E-state index in [1.54, 1.807) is 38.1 Å². The third-order valence-corrected chi connectivity index (χ3v) is 5.76. The minimum Gasteiger partial charge on any atom is -0.506 e. The van der Waals surface area contributed by atoms with E-state index in [0.717, 1.165) is 17.3 Å². The second-order valence-electron chi connectivity index (χ2n) is 5.63. The van der Waals surface area contributed by atoms with Crippen molar-refractivity contribution >= 4 is 66.6 Å². The van der Waals surface area contributed by atoms with Crippen molar-refractivity contribution in [3.05, 3.63) is 55.5 Å². The molecule has 1 aromatic rings. The third kappa shape index (κ3) is 5.83. The van der Waals surface area contributed by atoms with Crippen LogP contribution in [0.2, 0.25) is 0 Å². The average molecular weight is 545 g/mol. The third-order valence-electron chi connectivity index (χ3n) is 3.56. The highest BCUT2D eigenvalue weighted by Crippen LogP contribution is 2.41. The van der Waals surface area contributed by atoms with Crippen molar-refractivity contribution in [1.82, 2.24) is 0 Å². The highest BCUT2D eigenvalue weighted by Gasteiger charge is 2.33. The van der Waals surface area contributed by atoms with E-state index in [0.29, 0.717) is 26.2 Å². The molecule has 0 atom stereocenters. The van der Waals surface area contributed by atoms with Crippen LogP contribution in [0.4, 0.5) is 0 Å². The van der Waals surface area contributed by atoms with E-state index in [1.807, 2.05) is 0 Å². The lowest BCUT2D eigenvalue weighted by atomic mass is 10.1. The number of halogens is 2. The Balaban J connectivity index is 2.47. The van der Waals surface area contributed by atoms with E-state index in [1.165, 1.54) is 0 Å². The van der Waals surface area contributed by atoms with E-state index < -0.39 is 11.9 Å². The first-order chi connectivity index (χ1) is 13.8. The predicted octanol–water partition coefficient (Wildman–Crippen LogP) is 5.57. The van der Waals surface area contributed by atoms with Gasteiger partial charge in [0.05, 0.1) is 20.5 Å².